The topological polar surface area (TPSA) is 29.1 Å². The van der Waals surface area contributed by atoms with E-state index < -0.39 is 0 Å². The molecule has 1 unspecified atom stereocenters. The molecule has 0 aromatic carbocycles. The molecular formula is C6H11NOS2. The molecule has 1 amide bonds. The highest BCUT2D eigenvalue weighted by molar-refractivity contribution is 8.24. The average Bonchev–Trinajstić information content (AvgIpc) is 2.16. The van der Waals surface area contributed by atoms with Crippen LogP contribution < -0.4 is 5.32 Å². The van der Waals surface area contributed by atoms with Gasteiger partial charge in [0.15, 0.2) is 0 Å². The average molecular weight is 177 g/mol. The van der Waals surface area contributed by atoms with E-state index in [-0.39, 0.29) is 11.2 Å². The summed E-state index contributed by atoms with van der Waals surface area (Å²) in [7, 11) is 0. The lowest BCUT2D eigenvalue weighted by atomic mass is 10.5. The summed E-state index contributed by atoms with van der Waals surface area (Å²) >= 11 is 6.10. The molecule has 0 aliphatic carbocycles. The number of thiocarbonyl (C=S) groups is 1. The van der Waals surface area contributed by atoms with Gasteiger partial charge >= 0.3 is 0 Å². The van der Waals surface area contributed by atoms with Crippen LogP contribution in [0.4, 0.5) is 0 Å². The van der Waals surface area contributed by atoms with Crippen LogP contribution in [-0.2, 0) is 4.79 Å². The van der Waals surface area contributed by atoms with Crippen LogP contribution in [-0.4, -0.2) is 15.5 Å². The first-order valence-electron chi connectivity index (χ1n) is 3.21. The van der Waals surface area contributed by atoms with Crippen molar-refractivity contribution in [3.8, 4) is 0 Å². The molecule has 1 fully saturated rings. The zero-order chi connectivity index (χ0) is 8.15. The molecule has 1 aliphatic rings. The van der Waals surface area contributed by atoms with Gasteiger partial charge in [-0.05, 0) is 6.92 Å². The molecule has 0 radical (unpaired) electrons. The van der Waals surface area contributed by atoms with Crippen LogP contribution in [0.15, 0.2) is 0 Å². The molecule has 0 saturated carbocycles. The number of amides is 1. The minimum Gasteiger partial charge on any atom is -0.311 e. The normalized spacial score (nSPS) is 23.3. The number of hydrogen-bond donors (Lipinski definition) is 1. The SMILES string of the molecule is CC.CC1SC(=S)NC1=O. The molecule has 1 atom stereocenters. The Balaban J connectivity index is 0.000000371. The van der Waals surface area contributed by atoms with Crippen LogP contribution in [0, 0.1) is 0 Å². The number of carbonyl (C=O) groups is 1. The van der Waals surface area contributed by atoms with Crippen molar-refractivity contribution < 1.29 is 4.79 Å². The van der Waals surface area contributed by atoms with Gasteiger partial charge < -0.3 is 5.32 Å². The van der Waals surface area contributed by atoms with Crippen molar-refractivity contribution in [2.75, 3.05) is 0 Å². The minimum absolute atomic E-state index is 0.0162. The van der Waals surface area contributed by atoms with Gasteiger partial charge in [0.1, 0.15) is 4.32 Å². The molecule has 0 aromatic rings. The molecule has 58 valence electrons. The first-order valence-corrected chi connectivity index (χ1v) is 4.50. The fourth-order valence-electron chi connectivity index (χ4n) is 0.446. The van der Waals surface area contributed by atoms with Gasteiger partial charge in [0.05, 0.1) is 5.25 Å². The number of hydrogen-bond acceptors (Lipinski definition) is 3. The molecule has 0 bridgehead atoms. The summed E-state index contributed by atoms with van der Waals surface area (Å²) < 4.78 is 0.600. The Hall–Kier alpha value is -0.0900. The Morgan fingerprint density at radius 3 is 2.20 bits per heavy atom. The first-order chi connectivity index (χ1) is 4.70. The van der Waals surface area contributed by atoms with E-state index in [0.717, 1.165) is 0 Å². The lowest BCUT2D eigenvalue weighted by molar-refractivity contribution is -0.118. The van der Waals surface area contributed by atoms with E-state index in [2.05, 4.69) is 5.32 Å². The summed E-state index contributed by atoms with van der Waals surface area (Å²) in [6.45, 7) is 5.83. The van der Waals surface area contributed by atoms with E-state index in [4.69, 9.17) is 12.2 Å². The Labute approximate surface area is 70.8 Å². The van der Waals surface area contributed by atoms with Crippen LogP contribution in [0.2, 0.25) is 0 Å². The third kappa shape index (κ3) is 2.66. The lowest BCUT2D eigenvalue weighted by Gasteiger charge is -1.87. The molecule has 1 saturated heterocycles. The molecule has 2 nitrogen and oxygen atoms in total. The van der Waals surface area contributed by atoms with Crippen molar-refractivity contribution in [3.05, 3.63) is 0 Å². The molecule has 0 aromatic heterocycles. The maximum Gasteiger partial charge on any atom is 0.238 e. The second-order valence-corrected chi connectivity index (χ2v) is 3.55. The van der Waals surface area contributed by atoms with Gasteiger partial charge in [0.2, 0.25) is 5.91 Å². The van der Waals surface area contributed by atoms with Gasteiger partial charge in [0.25, 0.3) is 0 Å². The van der Waals surface area contributed by atoms with Crippen LogP contribution >= 0.6 is 24.0 Å². The van der Waals surface area contributed by atoms with E-state index in [1.165, 1.54) is 11.8 Å². The van der Waals surface area contributed by atoms with Gasteiger partial charge in [-0.2, -0.15) is 0 Å². The maximum absolute atomic E-state index is 10.6. The fourth-order valence-corrected chi connectivity index (χ4v) is 1.63. The molecule has 4 heteroatoms. The summed E-state index contributed by atoms with van der Waals surface area (Å²) in [5.74, 6) is 0.0278. The van der Waals surface area contributed by atoms with Gasteiger partial charge in [0, 0.05) is 0 Å². The monoisotopic (exact) mass is 177 g/mol. The molecule has 0 spiro atoms. The summed E-state index contributed by atoms with van der Waals surface area (Å²) in [4.78, 5) is 10.6. The third-order valence-corrected chi connectivity index (χ3v) is 2.15. The van der Waals surface area contributed by atoms with Gasteiger partial charge in [-0.3, -0.25) is 4.79 Å². The Bertz CT molecular complexity index is 147. The lowest BCUT2D eigenvalue weighted by Crippen LogP contribution is -2.22. The van der Waals surface area contributed by atoms with Crippen LogP contribution in [0.5, 0.6) is 0 Å². The first kappa shape index (κ1) is 9.91. The fraction of sp³-hybridized carbons (Fsp3) is 0.667. The largest absolute Gasteiger partial charge is 0.311 e. The van der Waals surface area contributed by atoms with Crippen LogP contribution in [0.3, 0.4) is 0 Å². The number of rotatable bonds is 0. The Morgan fingerprint density at radius 2 is 2.10 bits per heavy atom. The molecule has 1 aliphatic heterocycles. The second-order valence-electron chi connectivity index (χ2n) is 1.54. The van der Waals surface area contributed by atoms with Gasteiger partial charge in [-0.25, -0.2) is 0 Å². The van der Waals surface area contributed by atoms with Gasteiger partial charge in [-0.15, -0.1) is 0 Å². The summed E-state index contributed by atoms with van der Waals surface area (Å²) in [6, 6.07) is 0. The van der Waals surface area contributed by atoms with E-state index in [1.54, 1.807) is 0 Å². The van der Waals surface area contributed by atoms with Crippen molar-refractivity contribution in [1.82, 2.24) is 5.32 Å². The minimum atomic E-state index is 0.0162. The quantitative estimate of drug-likeness (QED) is 0.569. The molecule has 1 heterocycles. The summed E-state index contributed by atoms with van der Waals surface area (Å²) in [6.07, 6.45) is 0. The highest BCUT2D eigenvalue weighted by Gasteiger charge is 2.23. The van der Waals surface area contributed by atoms with E-state index >= 15 is 0 Å². The van der Waals surface area contributed by atoms with Crippen molar-refractivity contribution in [2.45, 2.75) is 26.0 Å². The Morgan fingerprint density at radius 1 is 1.60 bits per heavy atom. The zero-order valence-corrected chi connectivity index (χ0v) is 7.94. The maximum atomic E-state index is 10.6. The van der Waals surface area contributed by atoms with E-state index in [1.807, 2.05) is 20.8 Å². The van der Waals surface area contributed by atoms with Crippen molar-refractivity contribution in [2.24, 2.45) is 0 Å². The molecule has 10 heavy (non-hydrogen) atoms. The van der Waals surface area contributed by atoms with Crippen molar-refractivity contribution in [1.29, 1.82) is 0 Å². The molecular weight excluding hydrogens is 166 g/mol. The number of carbonyl (C=O) groups excluding carboxylic acids is 1. The zero-order valence-electron chi connectivity index (χ0n) is 6.30. The smallest absolute Gasteiger partial charge is 0.238 e. The molecule has 1 rings (SSSR count). The number of nitrogens with one attached hydrogen (secondary N) is 1. The van der Waals surface area contributed by atoms with Crippen LogP contribution in [0.1, 0.15) is 20.8 Å². The van der Waals surface area contributed by atoms with Gasteiger partial charge in [-0.1, -0.05) is 37.8 Å². The highest BCUT2D eigenvalue weighted by atomic mass is 32.2. The highest BCUT2D eigenvalue weighted by Crippen LogP contribution is 2.17. The van der Waals surface area contributed by atoms with E-state index in [0.29, 0.717) is 4.32 Å². The van der Waals surface area contributed by atoms with E-state index in [9.17, 15) is 4.79 Å². The predicted molar refractivity (Wildman–Crippen MR) is 49.1 cm³/mol. The third-order valence-electron chi connectivity index (χ3n) is 0.878. The van der Waals surface area contributed by atoms with Crippen molar-refractivity contribution in [3.63, 3.8) is 0 Å². The second kappa shape index (κ2) is 4.68. The number of thioether (sulfide) groups is 1. The summed E-state index contributed by atoms with van der Waals surface area (Å²) in [5, 5.41) is 2.54. The van der Waals surface area contributed by atoms with Crippen molar-refractivity contribution >= 4 is 34.2 Å². The predicted octanol–water partition coefficient (Wildman–Crippen LogP) is 1.55. The standard InChI is InChI=1S/C4H5NOS2.C2H6/c1-2-3(6)5-4(7)8-2;1-2/h2H,1H3,(H,5,6,7);1-2H3. The Kier molecular flexibility index (Phi) is 4.64. The summed E-state index contributed by atoms with van der Waals surface area (Å²) in [5.41, 5.74) is 0. The van der Waals surface area contributed by atoms with Crippen LogP contribution in [0.25, 0.3) is 0 Å². The molecule has 1 N–H and O–H groups in total.